The molecule has 0 radical (unpaired) electrons. The Morgan fingerprint density at radius 1 is 1.14 bits per heavy atom. The molecule has 164 valence electrons. The molecule has 6 nitrogen and oxygen atoms in total. The van der Waals surface area contributed by atoms with E-state index in [2.05, 4.69) is 16.1 Å². The molecule has 2 aliphatic rings. The lowest BCUT2D eigenvalue weighted by Gasteiger charge is -2.33. The summed E-state index contributed by atoms with van der Waals surface area (Å²) in [5.41, 5.74) is 1.18. The van der Waals surface area contributed by atoms with E-state index < -0.39 is 20.4 Å². The van der Waals surface area contributed by atoms with Crippen LogP contribution < -0.4 is 10.0 Å². The van der Waals surface area contributed by atoms with Crippen LogP contribution in [0.2, 0.25) is 0 Å². The van der Waals surface area contributed by atoms with Crippen molar-refractivity contribution in [2.24, 2.45) is 5.92 Å². The molecule has 1 saturated carbocycles. The zero-order valence-corrected chi connectivity index (χ0v) is 18.7. The SMILES string of the molecule is CC(C)(C)S(=O)(=O)N[C@H]1CC[C@H](CNc2cccc(C3(O)CCOCC3)c2)CC1. The minimum Gasteiger partial charge on any atom is -0.385 e. The van der Waals surface area contributed by atoms with Crippen molar-refractivity contribution in [2.45, 2.75) is 75.7 Å². The van der Waals surface area contributed by atoms with E-state index in [0.29, 0.717) is 32.0 Å². The highest BCUT2D eigenvalue weighted by molar-refractivity contribution is 7.90. The number of sulfonamides is 1. The summed E-state index contributed by atoms with van der Waals surface area (Å²) in [6.45, 7) is 7.25. The van der Waals surface area contributed by atoms with Crippen LogP contribution in [0.3, 0.4) is 0 Å². The second-order valence-electron chi connectivity index (χ2n) is 9.56. The molecule has 0 spiro atoms. The first kappa shape index (κ1) is 22.5. The van der Waals surface area contributed by atoms with E-state index in [1.165, 1.54) is 0 Å². The van der Waals surface area contributed by atoms with Crippen LogP contribution in [-0.4, -0.2) is 44.1 Å². The van der Waals surface area contributed by atoms with Gasteiger partial charge in [0.2, 0.25) is 10.0 Å². The first-order valence-corrected chi connectivity index (χ1v) is 12.2. The van der Waals surface area contributed by atoms with Gasteiger partial charge in [-0.1, -0.05) is 12.1 Å². The van der Waals surface area contributed by atoms with Gasteiger partial charge in [0, 0.05) is 44.3 Å². The van der Waals surface area contributed by atoms with E-state index in [1.807, 2.05) is 18.2 Å². The van der Waals surface area contributed by atoms with E-state index in [1.54, 1.807) is 20.8 Å². The summed E-state index contributed by atoms with van der Waals surface area (Å²) in [6, 6.07) is 8.11. The van der Waals surface area contributed by atoms with E-state index in [4.69, 9.17) is 4.74 Å². The molecule has 1 aliphatic carbocycles. The van der Waals surface area contributed by atoms with Crippen LogP contribution in [0, 0.1) is 5.92 Å². The largest absolute Gasteiger partial charge is 0.385 e. The molecule has 1 aliphatic heterocycles. The van der Waals surface area contributed by atoms with Gasteiger partial charge in [0.25, 0.3) is 0 Å². The summed E-state index contributed by atoms with van der Waals surface area (Å²) in [6.07, 6.45) is 5.02. The molecule has 0 amide bonds. The van der Waals surface area contributed by atoms with Crippen molar-refractivity contribution >= 4 is 15.7 Å². The molecule has 7 heteroatoms. The van der Waals surface area contributed by atoms with Crippen molar-refractivity contribution in [2.75, 3.05) is 25.1 Å². The van der Waals surface area contributed by atoms with Gasteiger partial charge in [0.05, 0.1) is 10.3 Å². The Balaban J connectivity index is 1.49. The minimum atomic E-state index is -3.29. The van der Waals surface area contributed by atoms with Crippen molar-refractivity contribution in [1.29, 1.82) is 0 Å². The van der Waals surface area contributed by atoms with Crippen LogP contribution in [0.1, 0.15) is 64.9 Å². The molecule has 1 aromatic rings. The van der Waals surface area contributed by atoms with Gasteiger partial charge in [0.1, 0.15) is 0 Å². The zero-order chi connectivity index (χ0) is 21.1. The van der Waals surface area contributed by atoms with Crippen molar-refractivity contribution in [1.82, 2.24) is 4.72 Å². The average Bonchev–Trinajstić information content (AvgIpc) is 2.67. The second kappa shape index (κ2) is 8.92. The van der Waals surface area contributed by atoms with Gasteiger partial charge >= 0.3 is 0 Å². The van der Waals surface area contributed by atoms with Gasteiger partial charge < -0.3 is 15.2 Å². The van der Waals surface area contributed by atoms with Crippen LogP contribution in [0.4, 0.5) is 5.69 Å². The maximum atomic E-state index is 12.3. The lowest BCUT2D eigenvalue weighted by molar-refractivity contribution is -0.0678. The standard InChI is InChI=1S/C22H36N2O4S/c1-21(2,3)29(26,27)24-19-9-7-17(8-10-19)16-23-20-6-4-5-18(15-20)22(25)11-13-28-14-12-22/h4-6,15,17,19,23-25H,7-14,16H2,1-3H3/t17-,19-. The molecular weight excluding hydrogens is 388 g/mol. The summed E-state index contributed by atoms with van der Waals surface area (Å²) in [7, 11) is -3.29. The highest BCUT2D eigenvalue weighted by Crippen LogP contribution is 2.33. The van der Waals surface area contributed by atoms with Crippen LogP contribution >= 0.6 is 0 Å². The van der Waals surface area contributed by atoms with E-state index in [0.717, 1.165) is 43.5 Å². The van der Waals surface area contributed by atoms with Gasteiger partial charge in [0.15, 0.2) is 0 Å². The van der Waals surface area contributed by atoms with E-state index in [9.17, 15) is 13.5 Å². The Kier molecular flexibility index (Phi) is 6.93. The van der Waals surface area contributed by atoms with Crippen molar-refractivity contribution in [3.05, 3.63) is 29.8 Å². The Labute approximate surface area is 175 Å². The zero-order valence-electron chi connectivity index (χ0n) is 17.9. The smallest absolute Gasteiger partial charge is 0.216 e. The van der Waals surface area contributed by atoms with Crippen LogP contribution in [0.5, 0.6) is 0 Å². The van der Waals surface area contributed by atoms with E-state index >= 15 is 0 Å². The fourth-order valence-corrected chi connectivity index (χ4v) is 5.09. The number of nitrogens with one attached hydrogen (secondary N) is 2. The predicted octanol–water partition coefficient (Wildman–Crippen LogP) is 3.37. The molecule has 1 saturated heterocycles. The quantitative estimate of drug-likeness (QED) is 0.652. The third kappa shape index (κ3) is 5.72. The summed E-state index contributed by atoms with van der Waals surface area (Å²) in [4.78, 5) is 0. The molecule has 29 heavy (non-hydrogen) atoms. The van der Waals surface area contributed by atoms with Crippen LogP contribution in [-0.2, 0) is 20.4 Å². The molecule has 1 heterocycles. The third-order valence-corrected chi connectivity index (χ3v) is 8.55. The van der Waals surface area contributed by atoms with Gasteiger partial charge in [-0.05, 0) is 70.1 Å². The Hall–Kier alpha value is -1.15. The Morgan fingerprint density at radius 3 is 2.41 bits per heavy atom. The van der Waals surface area contributed by atoms with Gasteiger partial charge in [-0.3, -0.25) is 0 Å². The minimum absolute atomic E-state index is 0.0431. The lowest BCUT2D eigenvalue weighted by Crippen LogP contribution is -2.46. The molecule has 3 rings (SSSR count). The molecule has 2 fully saturated rings. The summed E-state index contributed by atoms with van der Waals surface area (Å²) >= 11 is 0. The summed E-state index contributed by atoms with van der Waals surface area (Å²) in [5.74, 6) is 0.528. The van der Waals surface area contributed by atoms with Gasteiger partial charge in [-0.2, -0.15) is 0 Å². The topological polar surface area (TPSA) is 87.7 Å². The number of aliphatic hydroxyl groups is 1. The molecule has 3 N–H and O–H groups in total. The number of ether oxygens (including phenoxy) is 1. The maximum Gasteiger partial charge on any atom is 0.216 e. The fraction of sp³-hybridized carbons (Fsp3) is 0.727. The van der Waals surface area contributed by atoms with Crippen molar-refractivity contribution in [3.63, 3.8) is 0 Å². The van der Waals surface area contributed by atoms with Gasteiger partial charge in [-0.25, -0.2) is 13.1 Å². The summed E-state index contributed by atoms with van der Waals surface area (Å²) in [5, 5.41) is 14.4. The maximum absolute atomic E-state index is 12.3. The predicted molar refractivity (Wildman–Crippen MR) is 116 cm³/mol. The number of hydrogen-bond donors (Lipinski definition) is 3. The summed E-state index contributed by atoms with van der Waals surface area (Å²) < 4.78 is 32.2. The van der Waals surface area contributed by atoms with E-state index in [-0.39, 0.29) is 6.04 Å². The first-order chi connectivity index (χ1) is 13.6. The molecular formula is C22H36N2O4S. The fourth-order valence-electron chi connectivity index (χ4n) is 4.06. The molecule has 0 unspecified atom stereocenters. The van der Waals surface area contributed by atoms with Gasteiger partial charge in [-0.15, -0.1) is 0 Å². The second-order valence-corrected chi connectivity index (χ2v) is 12.0. The Morgan fingerprint density at radius 2 is 1.79 bits per heavy atom. The number of hydrogen-bond acceptors (Lipinski definition) is 5. The number of rotatable bonds is 6. The highest BCUT2D eigenvalue weighted by atomic mass is 32.2. The first-order valence-electron chi connectivity index (χ1n) is 10.8. The highest BCUT2D eigenvalue weighted by Gasteiger charge is 2.33. The Bertz CT molecular complexity index is 774. The average molecular weight is 425 g/mol. The molecule has 1 aromatic carbocycles. The van der Waals surface area contributed by atoms with Crippen LogP contribution in [0.15, 0.2) is 24.3 Å². The third-order valence-electron chi connectivity index (χ3n) is 6.29. The molecule has 0 atom stereocenters. The number of anilines is 1. The molecule has 0 bridgehead atoms. The van der Waals surface area contributed by atoms with Crippen LogP contribution in [0.25, 0.3) is 0 Å². The number of benzene rings is 1. The monoisotopic (exact) mass is 424 g/mol. The van der Waals surface area contributed by atoms with Crippen molar-refractivity contribution in [3.8, 4) is 0 Å². The van der Waals surface area contributed by atoms with Crippen molar-refractivity contribution < 1.29 is 18.3 Å². The normalized spacial score (nSPS) is 25.5. The lowest BCUT2D eigenvalue weighted by atomic mass is 9.85. The molecule has 0 aromatic heterocycles.